The first-order valence-corrected chi connectivity index (χ1v) is 8.82. The molecule has 0 saturated heterocycles. The molecule has 1 amide bonds. The Bertz CT molecular complexity index is 617. The van der Waals surface area contributed by atoms with Crippen LogP contribution in [-0.4, -0.2) is 42.8 Å². The third kappa shape index (κ3) is 11.2. The van der Waals surface area contributed by atoms with Crippen molar-refractivity contribution in [1.29, 1.82) is 0 Å². The Labute approximate surface area is 177 Å². The molecule has 3 N–H and O–H groups in total. The lowest BCUT2D eigenvalue weighted by Gasteiger charge is -2.19. The molecule has 0 spiro atoms. The van der Waals surface area contributed by atoms with Gasteiger partial charge in [0.2, 0.25) is 0 Å². The van der Waals surface area contributed by atoms with E-state index in [9.17, 15) is 18.0 Å². The van der Waals surface area contributed by atoms with E-state index in [0.717, 1.165) is 16.7 Å². The second-order valence-corrected chi connectivity index (χ2v) is 7.20. The van der Waals surface area contributed by atoms with Crippen molar-refractivity contribution in [3.63, 3.8) is 0 Å². The van der Waals surface area contributed by atoms with Crippen molar-refractivity contribution in [3.05, 3.63) is 16.1 Å². The van der Waals surface area contributed by atoms with E-state index in [1.165, 1.54) is 0 Å². The topological polar surface area (TPSA) is 87.6 Å². The largest absolute Gasteiger partial charge is 0.444 e. The zero-order valence-corrected chi connectivity index (χ0v) is 18.7. The minimum Gasteiger partial charge on any atom is -0.444 e. The molecule has 0 aliphatic heterocycles. The van der Waals surface area contributed by atoms with Gasteiger partial charge in [0.05, 0.1) is 6.54 Å². The Morgan fingerprint density at radius 1 is 1.22 bits per heavy atom. The van der Waals surface area contributed by atoms with E-state index in [-0.39, 0.29) is 30.5 Å². The highest BCUT2D eigenvalue weighted by Crippen LogP contribution is 2.29. The minimum atomic E-state index is -4.43. The summed E-state index contributed by atoms with van der Waals surface area (Å²) in [6.45, 7) is 6.41. The number of hydrogen-bond donors (Lipinski definition) is 3. The molecule has 1 aromatic rings. The number of carbonyl (C=O) groups is 1. The zero-order valence-electron chi connectivity index (χ0n) is 15.6. The minimum absolute atomic E-state index is 0. The summed E-state index contributed by atoms with van der Waals surface area (Å²) in [4.78, 5) is 19.0. The molecule has 1 rings (SSSR count). The highest BCUT2D eigenvalue weighted by molar-refractivity contribution is 14.0. The van der Waals surface area contributed by atoms with Gasteiger partial charge in [0.15, 0.2) is 11.7 Å². The average Bonchev–Trinajstić information content (AvgIpc) is 2.97. The Morgan fingerprint density at radius 3 is 2.37 bits per heavy atom. The monoisotopic (exact) mass is 523 g/mol. The molecule has 27 heavy (non-hydrogen) atoms. The molecule has 0 aliphatic rings. The lowest BCUT2D eigenvalue weighted by molar-refractivity contribution is -0.140. The number of amides is 1. The lowest BCUT2D eigenvalue weighted by Crippen LogP contribution is -2.39. The van der Waals surface area contributed by atoms with Crippen molar-refractivity contribution in [2.45, 2.75) is 45.5 Å². The third-order valence-electron chi connectivity index (χ3n) is 2.79. The van der Waals surface area contributed by atoms with Crippen LogP contribution in [0.3, 0.4) is 0 Å². The number of rotatable bonds is 6. The molecule has 0 aromatic carbocycles. The number of guanidine groups is 1. The summed E-state index contributed by atoms with van der Waals surface area (Å²) in [6.07, 6.45) is -4.30. The van der Waals surface area contributed by atoms with Crippen LogP contribution in [0.4, 0.5) is 18.0 Å². The molecule has 0 radical (unpaired) electrons. The predicted molar refractivity (Wildman–Crippen MR) is 110 cm³/mol. The normalized spacial score (nSPS) is 12.2. The lowest BCUT2D eigenvalue weighted by atomic mass is 10.2. The maximum atomic E-state index is 12.5. The number of alkyl halides is 3. The van der Waals surface area contributed by atoms with Gasteiger partial charge in [-0.15, -0.1) is 35.3 Å². The predicted octanol–water partition coefficient (Wildman–Crippen LogP) is 3.36. The van der Waals surface area contributed by atoms with Crippen LogP contribution in [0.25, 0.3) is 0 Å². The summed E-state index contributed by atoms with van der Waals surface area (Å²) >= 11 is 0.931. The van der Waals surface area contributed by atoms with E-state index in [0.29, 0.717) is 30.5 Å². The van der Waals surface area contributed by atoms with Crippen molar-refractivity contribution in [1.82, 2.24) is 20.9 Å². The standard InChI is InChI=1S/C15H24F3N5O2S.HI/c1-14(2,3)25-13(24)21-7-5-6-20-12(19-4)22-8-11-23-10(9-26-11)15(16,17)18;/h9H,5-8H2,1-4H3,(H,21,24)(H2,19,20,22);1H. The van der Waals surface area contributed by atoms with Gasteiger partial charge in [0.25, 0.3) is 0 Å². The van der Waals surface area contributed by atoms with Crippen LogP contribution >= 0.6 is 35.3 Å². The van der Waals surface area contributed by atoms with E-state index < -0.39 is 23.6 Å². The van der Waals surface area contributed by atoms with E-state index in [1.54, 1.807) is 27.8 Å². The van der Waals surface area contributed by atoms with Gasteiger partial charge in [0.1, 0.15) is 10.6 Å². The van der Waals surface area contributed by atoms with Crippen molar-refractivity contribution in [2.24, 2.45) is 4.99 Å². The van der Waals surface area contributed by atoms with Crippen LogP contribution in [-0.2, 0) is 17.5 Å². The summed E-state index contributed by atoms with van der Waals surface area (Å²) in [5.41, 5.74) is -1.44. The van der Waals surface area contributed by atoms with Crippen molar-refractivity contribution in [2.75, 3.05) is 20.1 Å². The molecule has 0 unspecified atom stereocenters. The van der Waals surface area contributed by atoms with Crippen molar-refractivity contribution < 1.29 is 22.7 Å². The number of nitrogens with one attached hydrogen (secondary N) is 3. The number of aromatic nitrogens is 1. The number of halogens is 4. The fourth-order valence-electron chi connectivity index (χ4n) is 1.70. The number of carbonyl (C=O) groups excluding carboxylic acids is 1. The van der Waals surface area contributed by atoms with Crippen LogP contribution in [0.15, 0.2) is 10.4 Å². The fraction of sp³-hybridized carbons (Fsp3) is 0.667. The Balaban J connectivity index is 0.00000676. The van der Waals surface area contributed by atoms with E-state index in [4.69, 9.17) is 4.74 Å². The highest BCUT2D eigenvalue weighted by atomic mass is 127. The quantitative estimate of drug-likeness (QED) is 0.231. The summed E-state index contributed by atoms with van der Waals surface area (Å²) in [5, 5.41) is 9.81. The summed E-state index contributed by atoms with van der Waals surface area (Å²) < 4.78 is 42.6. The number of ether oxygens (including phenoxy) is 1. The molecular formula is C15H25F3IN5O2S. The van der Waals surface area contributed by atoms with Crippen molar-refractivity contribution >= 4 is 47.4 Å². The fourth-order valence-corrected chi connectivity index (χ4v) is 2.44. The second kappa shape index (κ2) is 11.5. The maximum Gasteiger partial charge on any atom is 0.434 e. The van der Waals surface area contributed by atoms with Crippen LogP contribution < -0.4 is 16.0 Å². The average molecular weight is 523 g/mol. The van der Waals surface area contributed by atoms with Crippen LogP contribution in [0.2, 0.25) is 0 Å². The van der Waals surface area contributed by atoms with Crippen LogP contribution in [0.5, 0.6) is 0 Å². The summed E-state index contributed by atoms with van der Waals surface area (Å²) in [6, 6.07) is 0. The molecule has 7 nitrogen and oxygen atoms in total. The number of thiazole rings is 1. The van der Waals surface area contributed by atoms with Gasteiger partial charge in [-0.2, -0.15) is 13.2 Å². The first kappa shape index (κ1) is 25.7. The summed E-state index contributed by atoms with van der Waals surface area (Å²) in [7, 11) is 1.55. The van der Waals surface area contributed by atoms with Crippen molar-refractivity contribution in [3.8, 4) is 0 Å². The number of nitrogens with zero attached hydrogens (tertiary/aromatic N) is 2. The number of aliphatic imine (C=N–C) groups is 1. The number of hydrogen-bond acceptors (Lipinski definition) is 5. The summed E-state index contributed by atoms with van der Waals surface area (Å²) in [5.74, 6) is 0.436. The first-order chi connectivity index (χ1) is 12.0. The smallest absolute Gasteiger partial charge is 0.434 e. The van der Waals surface area contributed by atoms with Gasteiger partial charge < -0.3 is 20.7 Å². The molecule has 12 heteroatoms. The van der Waals surface area contributed by atoms with Gasteiger partial charge in [-0.05, 0) is 27.2 Å². The highest BCUT2D eigenvalue weighted by Gasteiger charge is 2.33. The molecule has 0 saturated carbocycles. The van der Waals surface area contributed by atoms with Gasteiger partial charge in [-0.25, -0.2) is 9.78 Å². The van der Waals surface area contributed by atoms with Gasteiger partial charge in [-0.1, -0.05) is 0 Å². The second-order valence-electron chi connectivity index (χ2n) is 6.26. The molecule has 0 bridgehead atoms. The van der Waals surface area contributed by atoms with Gasteiger partial charge in [0, 0.05) is 25.5 Å². The van der Waals surface area contributed by atoms with E-state index >= 15 is 0 Å². The first-order valence-electron chi connectivity index (χ1n) is 7.94. The van der Waals surface area contributed by atoms with Crippen LogP contribution in [0.1, 0.15) is 37.9 Å². The maximum absolute atomic E-state index is 12.5. The molecule has 1 heterocycles. The molecular weight excluding hydrogens is 498 g/mol. The molecule has 0 fully saturated rings. The molecule has 0 aliphatic carbocycles. The van der Waals surface area contributed by atoms with E-state index in [2.05, 4.69) is 25.9 Å². The molecule has 0 atom stereocenters. The van der Waals surface area contributed by atoms with Gasteiger partial charge >= 0.3 is 12.3 Å². The van der Waals surface area contributed by atoms with E-state index in [1.807, 2.05) is 0 Å². The van der Waals surface area contributed by atoms with Gasteiger partial charge in [-0.3, -0.25) is 4.99 Å². The Kier molecular flexibility index (Phi) is 11.0. The third-order valence-corrected chi connectivity index (χ3v) is 3.64. The molecule has 156 valence electrons. The zero-order chi connectivity index (χ0) is 19.8. The Morgan fingerprint density at radius 2 is 1.85 bits per heavy atom. The number of alkyl carbamates (subject to hydrolysis) is 1. The molecule has 1 aromatic heterocycles. The Hall–Kier alpha value is -1.31. The van der Waals surface area contributed by atoms with Crippen LogP contribution in [0, 0.1) is 0 Å². The SMILES string of the molecule is CN=C(NCCCNC(=O)OC(C)(C)C)NCc1nc(C(F)(F)F)cs1.I.